The van der Waals surface area contributed by atoms with Crippen LogP contribution in [0.2, 0.25) is 0 Å². The molecule has 26 heavy (non-hydrogen) atoms. The van der Waals surface area contributed by atoms with E-state index < -0.39 is 0 Å². The molecule has 0 N–H and O–H groups in total. The number of hydrogen-bond donors (Lipinski definition) is 0. The van der Waals surface area contributed by atoms with Crippen molar-refractivity contribution in [3.05, 3.63) is 46.6 Å². The summed E-state index contributed by atoms with van der Waals surface area (Å²) in [6, 6.07) is 7.51. The van der Waals surface area contributed by atoms with Gasteiger partial charge in [-0.2, -0.15) is 9.61 Å². The van der Waals surface area contributed by atoms with Crippen LogP contribution in [0.1, 0.15) is 39.3 Å². The second-order valence-corrected chi connectivity index (χ2v) is 7.80. The Hall–Kier alpha value is -2.77. The Kier molecular flexibility index (Phi) is 3.97. The van der Waals surface area contributed by atoms with Crippen LogP contribution in [0.15, 0.2) is 35.4 Å². The molecule has 136 valence electrons. The molecule has 1 aliphatic heterocycles. The fraction of sp³-hybridized carbons (Fsp3) is 0.500. The number of rotatable bonds is 3. The van der Waals surface area contributed by atoms with Crippen molar-refractivity contribution >= 4 is 11.5 Å². The highest BCUT2D eigenvalue weighted by atomic mass is 16.1. The fourth-order valence-electron chi connectivity index (χ4n) is 3.38. The molecule has 4 heterocycles. The number of aromatic nitrogens is 6. The highest BCUT2D eigenvalue weighted by Gasteiger charge is 2.27. The van der Waals surface area contributed by atoms with E-state index in [0.29, 0.717) is 6.54 Å². The Morgan fingerprint density at radius 3 is 2.81 bits per heavy atom. The zero-order chi connectivity index (χ0) is 18.3. The molecule has 3 aromatic heterocycles. The molecule has 0 radical (unpaired) electrons. The monoisotopic (exact) mass is 353 g/mol. The summed E-state index contributed by atoms with van der Waals surface area (Å²) < 4.78 is 3.27. The third kappa shape index (κ3) is 3.07. The van der Waals surface area contributed by atoms with Crippen molar-refractivity contribution in [2.24, 2.45) is 0 Å². The Morgan fingerprint density at radius 1 is 1.15 bits per heavy atom. The Labute approximate surface area is 151 Å². The zero-order valence-corrected chi connectivity index (χ0v) is 15.3. The van der Waals surface area contributed by atoms with Crippen molar-refractivity contribution in [2.45, 2.75) is 51.6 Å². The summed E-state index contributed by atoms with van der Waals surface area (Å²) >= 11 is 0. The average Bonchev–Trinajstić information content (AvgIpc) is 3.24. The van der Waals surface area contributed by atoms with Crippen LogP contribution < -0.4 is 10.5 Å². The van der Waals surface area contributed by atoms with E-state index in [4.69, 9.17) is 0 Å². The van der Waals surface area contributed by atoms with Gasteiger partial charge in [0.15, 0.2) is 5.65 Å². The second-order valence-electron chi connectivity index (χ2n) is 7.80. The van der Waals surface area contributed by atoms with E-state index in [1.54, 1.807) is 21.6 Å². The van der Waals surface area contributed by atoms with Crippen LogP contribution in [0.4, 0.5) is 5.82 Å². The van der Waals surface area contributed by atoms with Gasteiger partial charge in [0.1, 0.15) is 12.1 Å². The molecule has 1 saturated heterocycles. The van der Waals surface area contributed by atoms with Crippen LogP contribution in [-0.2, 0) is 12.0 Å². The van der Waals surface area contributed by atoms with Crippen molar-refractivity contribution in [3.8, 4) is 0 Å². The van der Waals surface area contributed by atoms with E-state index in [1.165, 1.54) is 0 Å². The van der Waals surface area contributed by atoms with Gasteiger partial charge >= 0.3 is 0 Å². The molecule has 1 unspecified atom stereocenters. The van der Waals surface area contributed by atoms with Crippen molar-refractivity contribution < 1.29 is 0 Å². The van der Waals surface area contributed by atoms with Gasteiger partial charge in [0.25, 0.3) is 5.56 Å². The zero-order valence-electron chi connectivity index (χ0n) is 15.3. The first kappa shape index (κ1) is 16.7. The SMILES string of the molecule is CC(C)(C)c1ccc(=O)n(CC2CCCN2c2ccc3nncn3n2)n1. The van der Waals surface area contributed by atoms with Crippen LogP contribution in [0.3, 0.4) is 0 Å². The first-order valence-electron chi connectivity index (χ1n) is 8.94. The molecule has 0 spiro atoms. The molecule has 3 aromatic rings. The molecule has 1 fully saturated rings. The van der Waals surface area contributed by atoms with Crippen LogP contribution in [0, 0.1) is 0 Å². The van der Waals surface area contributed by atoms with Gasteiger partial charge in [0.2, 0.25) is 0 Å². The summed E-state index contributed by atoms with van der Waals surface area (Å²) in [5.41, 5.74) is 1.49. The summed E-state index contributed by atoms with van der Waals surface area (Å²) in [4.78, 5) is 14.6. The van der Waals surface area contributed by atoms with Crippen molar-refractivity contribution in [2.75, 3.05) is 11.4 Å². The second kappa shape index (κ2) is 6.19. The quantitative estimate of drug-likeness (QED) is 0.712. The number of anilines is 1. The van der Waals surface area contributed by atoms with Crippen molar-refractivity contribution in [1.29, 1.82) is 0 Å². The maximum absolute atomic E-state index is 12.3. The third-order valence-corrected chi connectivity index (χ3v) is 4.84. The van der Waals surface area contributed by atoms with Gasteiger partial charge in [0.05, 0.1) is 18.3 Å². The van der Waals surface area contributed by atoms with Crippen LogP contribution in [-0.4, -0.2) is 42.2 Å². The highest BCUT2D eigenvalue weighted by molar-refractivity contribution is 5.46. The topological polar surface area (TPSA) is 81.2 Å². The Bertz CT molecular complexity index is 985. The maximum atomic E-state index is 12.3. The lowest BCUT2D eigenvalue weighted by Crippen LogP contribution is -2.38. The van der Waals surface area contributed by atoms with Crippen molar-refractivity contribution in [3.63, 3.8) is 0 Å². The minimum absolute atomic E-state index is 0.0629. The minimum Gasteiger partial charge on any atom is -0.350 e. The molecule has 0 bridgehead atoms. The van der Waals surface area contributed by atoms with Gasteiger partial charge < -0.3 is 4.90 Å². The maximum Gasteiger partial charge on any atom is 0.266 e. The van der Waals surface area contributed by atoms with Crippen LogP contribution >= 0.6 is 0 Å². The molecule has 1 aliphatic rings. The predicted octanol–water partition coefficient (Wildman–Crippen LogP) is 1.65. The number of fused-ring (bicyclic) bond motifs is 1. The summed E-state index contributed by atoms with van der Waals surface area (Å²) in [6.07, 6.45) is 3.68. The first-order valence-corrected chi connectivity index (χ1v) is 8.94. The minimum atomic E-state index is -0.0914. The lowest BCUT2D eigenvalue weighted by atomic mass is 9.92. The summed E-state index contributed by atoms with van der Waals surface area (Å²) in [7, 11) is 0. The molecule has 0 aromatic carbocycles. The van der Waals surface area contributed by atoms with Crippen LogP contribution in [0.25, 0.3) is 5.65 Å². The van der Waals surface area contributed by atoms with Gasteiger partial charge in [0, 0.05) is 18.0 Å². The normalized spacial score (nSPS) is 18.0. The molecule has 8 nitrogen and oxygen atoms in total. The predicted molar refractivity (Wildman–Crippen MR) is 98.3 cm³/mol. The largest absolute Gasteiger partial charge is 0.350 e. The third-order valence-electron chi connectivity index (χ3n) is 4.84. The first-order chi connectivity index (χ1) is 12.4. The summed E-state index contributed by atoms with van der Waals surface area (Å²) in [6.45, 7) is 7.78. The average molecular weight is 353 g/mol. The molecule has 8 heteroatoms. The number of nitrogens with zero attached hydrogens (tertiary/aromatic N) is 7. The van der Waals surface area contributed by atoms with E-state index in [2.05, 4.69) is 46.1 Å². The smallest absolute Gasteiger partial charge is 0.266 e. The van der Waals surface area contributed by atoms with Crippen molar-refractivity contribution in [1.82, 2.24) is 29.6 Å². The molecular weight excluding hydrogens is 330 g/mol. The summed E-state index contributed by atoms with van der Waals surface area (Å²) in [5, 5.41) is 17.1. The van der Waals surface area contributed by atoms with E-state index in [1.807, 2.05) is 18.2 Å². The van der Waals surface area contributed by atoms with Gasteiger partial charge in [-0.1, -0.05) is 20.8 Å². The van der Waals surface area contributed by atoms with Gasteiger partial charge in [-0.05, 0) is 31.0 Å². The molecule has 0 amide bonds. The van der Waals surface area contributed by atoms with Crippen LogP contribution in [0.5, 0.6) is 0 Å². The standard InChI is InChI=1S/C18H23N7O/c1-18(2,3)14-6-9-17(26)24(21-14)11-13-5-4-10-23(13)16-8-7-15-20-19-12-25(15)22-16/h6-9,12-13H,4-5,10-11H2,1-3H3. The molecule has 0 saturated carbocycles. The fourth-order valence-corrected chi connectivity index (χ4v) is 3.38. The molecular formula is C18H23N7O. The van der Waals surface area contributed by atoms with E-state index >= 15 is 0 Å². The molecule has 0 aliphatic carbocycles. The number of hydrogen-bond acceptors (Lipinski definition) is 6. The Morgan fingerprint density at radius 2 is 2.00 bits per heavy atom. The van der Waals surface area contributed by atoms with Gasteiger partial charge in [-0.3, -0.25) is 4.79 Å². The lowest BCUT2D eigenvalue weighted by Gasteiger charge is -2.26. The van der Waals surface area contributed by atoms with E-state index in [0.717, 1.165) is 36.5 Å². The van der Waals surface area contributed by atoms with Gasteiger partial charge in [-0.15, -0.1) is 15.3 Å². The highest BCUT2D eigenvalue weighted by Crippen LogP contribution is 2.25. The lowest BCUT2D eigenvalue weighted by molar-refractivity contribution is 0.456. The van der Waals surface area contributed by atoms with E-state index in [9.17, 15) is 4.79 Å². The van der Waals surface area contributed by atoms with Gasteiger partial charge in [-0.25, -0.2) is 4.68 Å². The van der Waals surface area contributed by atoms with E-state index in [-0.39, 0.29) is 17.0 Å². The molecule has 4 rings (SSSR count). The molecule has 1 atom stereocenters. The summed E-state index contributed by atoms with van der Waals surface area (Å²) in [5.74, 6) is 0.875. The Balaban J connectivity index is 1.62.